The number of rotatable bonds is 4. The second-order valence-corrected chi connectivity index (χ2v) is 3.04. The zero-order chi connectivity index (χ0) is 12.0. The van der Waals surface area contributed by atoms with Crippen LogP contribution < -0.4 is 0 Å². The van der Waals surface area contributed by atoms with Gasteiger partial charge in [0.25, 0.3) is 0 Å². The fourth-order valence-electron chi connectivity index (χ4n) is 1.20. The molecule has 0 aliphatic heterocycles. The van der Waals surface area contributed by atoms with Gasteiger partial charge in [-0.2, -0.15) is 0 Å². The molecule has 0 radical (unpaired) electrons. The summed E-state index contributed by atoms with van der Waals surface area (Å²) in [5.74, 6) is -1.29. The van der Waals surface area contributed by atoms with E-state index in [1.54, 1.807) is 13.0 Å². The average molecular weight is 224 g/mol. The van der Waals surface area contributed by atoms with E-state index in [1.165, 1.54) is 24.3 Å². The van der Waals surface area contributed by atoms with E-state index in [0.717, 1.165) is 0 Å². The van der Waals surface area contributed by atoms with Crippen molar-refractivity contribution in [1.82, 2.24) is 0 Å². The second kappa shape index (κ2) is 6.02. The van der Waals surface area contributed by atoms with E-state index in [9.17, 15) is 9.18 Å². The van der Waals surface area contributed by atoms with Gasteiger partial charge in [-0.05, 0) is 24.6 Å². The first kappa shape index (κ1) is 12.4. The van der Waals surface area contributed by atoms with Gasteiger partial charge in [0.1, 0.15) is 5.82 Å². The van der Waals surface area contributed by atoms with Crippen LogP contribution in [0.15, 0.2) is 24.3 Å². The van der Waals surface area contributed by atoms with Crippen molar-refractivity contribution in [3.63, 3.8) is 0 Å². The van der Waals surface area contributed by atoms with Crippen LogP contribution in [0.4, 0.5) is 4.39 Å². The highest BCUT2D eigenvalue weighted by molar-refractivity contribution is 5.90. The number of carbonyl (C=O) groups excluding carboxylic acids is 1. The molecule has 0 aromatic heterocycles. The number of halogens is 1. The Bertz CT molecular complexity index is 399. The van der Waals surface area contributed by atoms with Gasteiger partial charge in [0.05, 0.1) is 18.8 Å². The van der Waals surface area contributed by atoms with Crippen LogP contribution in [-0.4, -0.2) is 24.3 Å². The van der Waals surface area contributed by atoms with Crippen LogP contribution in [0.2, 0.25) is 0 Å². The van der Waals surface area contributed by atoms with Crippen molar-refractivity contribution in [2.24, 2.45) is 0 Å². The predicted molar refractivity (Wildman–Crippen MR) is 58.5 cm³/mol. The number of carbonyl (C=O) groups is 1. The van der Waals surface area contributed by atoms with E-state index in [1.807, 2.05) is 0 Å². The molecule has 16 heavy (non-hydrogen) atoms. The Kier molecular flexibility index (Phi) is 4.66. The van der Waals surface area contributed by atoms with Gasteiger partial charge in [-0.25, -0.2) is 9.18 Å². The third-order valence-corrected chi connectivity index (χ3v) is 1.90. The standard InChI is InChI=1S/C12H13FO3/c1-2-16-12(15)10-8-9(4-3-7-14)5-6-11(10)13/h3-6,8,14H,2,7H2,1H3. The van der Waals surface area contributed by atoms with E-state index < -0.39 is 11.8 Å². The molecule has 0 saturated carbocycles. The van der Waals surface area contributed by atoms with Crippen LogP contribution in [0.3, 0.4) is 0 Å². The van der Waals surface area contributed by atoms with Crippen LogP contribution in [-0.2, 0) is 4.74 Å². The van der Waals surface area contributed by atoms with Crippen LogP contribution >= 0.6 is 0 Å². The topological polar surface area (TPSA) is 46.5 Å². The van der Waals surface area contributed by atoms with Crippen molar-refractivity contribution in [1.29, 1.82) is 0 Å². The third-order valence-electron chi connectivity index (χ3n) is 1.90. The van der Waals surface area contributed by atoms with Gasteiger partial charge in [0.15, 0.2) is 0 Å². The monoisotopic (exact) mass is 224 g/mol. The fourth-order valence-corrected chi connectivity index (χ4v) is 1.20. The molecule has 1 rings (SSSR count). The molecule has 0 aliphatic rings. The minimum Gasteiger partial charge on any atom is -0.462 e. The molecular weight excluding hydrogens is 211 g/mol. The molecule has 0 unspecified atom stereocenters. The summed E-state index contributed by atoms with van der Waals surface area (Å²) in [7, 11) is 0. The van der Waals surface area contributed by atoms with Crippen LogP contribution in [0, 0.1) is 5.82 Å². The van der Waals surface area contributed by atoms with E-state index in [2.05, 4.69) is 0 Å². The van der Waals surface area contributed by atoms with Crippen molar-refractivity contribution < 1.29 is 19.0 Å². The molecule has 1 aromatic rings. The molecule has 0 heterocycles. The molecule has 0 bridgehead atoms. The molecule has 0 saturated heterocycles. The minimum atomic E-state index is -0.681. The smallest absolute Gasteiger partial charge is 0.341 e. The van der Waals surface area contributed by atoms with Crippen LogP contribution in [0.1, 0.15) is 22.8 Å². The maximum atomic E-state index is 13.3. The summed E-state index contributed by atoms with van der Waals surface area (Å²) in [5, 5.41) is 8.59. The number of aliphatic hydroxyl groups excluding tert-OH is 1. The maximum Gasteiger partial charge on any atom is 0.341 e. The zero-order valence-corrected chi connectivity index (χ0v) is 8.94. The number of hydrogen-bond donors (Lipinski definition) is 1. The van der Waals surface area contributed by atoms with Crippen molar-refractivity contribution in [2.75, 3.05) is 13.2 Å². The van der Waals surface area contributed by atoms with Gasteiger partial charge < -0.3 is 9.84 Å². The SMILES string of the molecule is CCOC(=O)c1cc(C=CCO)ccc1F. The lowest BCUT2D eigenvalue weighted by molar-refractivity contribution is 0.0521. The molecule has 86 valence electrons. The fraction of sp³-hybridized carbons (Fsp3) is 0.250. The zero-order valence-electron chi connectivity index (χ0n) is 8.94. The highest BCUT2D eigenvalue weighted by Crippen LogP contribution is 2.13. The van der Waals surface area contributed by atoms with Gasteiger partial charge in [0.2, 0.25) is 0 Å². The van der Waals surface area contributed by atoms with Gasteiger partial charge >= 0.3 is 5.97 Å². The maximum absolute atomic E-state index is 13.3. The number of hydrogen-bond acceptors (Lipinski definition) is 3. The minimum absolute atomic E-state index is 0.0954. The molecule has 1 aromatic carbocycles. The normalized spacial score (nSPS) is 10.7. The van der Waals surface area contributed by atoms with Crippen molar-refractivity contribution >= 4 is 12.0 Å². The largest absolute Gasteiger partial charge is 0.462 e. The second-order valence-electron chi connectivity index (χ2n) is 3.04. The van der Waals surface area contributed by atoms with Crippen molar-refractivity contribution in [3.8, 4) is 0 Å². The summed E-state index contributed by atoms with van der Waals surface area (Å²) >= 11 is 0. The van der Waals surface area contributed by atoms with Crippen molar-refractivity contribution in [3.05, 3.63) is 41.2 Å². The number of ether oxygens (including phenoxy) is 1. The summed E-state index contributed by atoms with van der Waals surface area (Å²) in [4.78, 5) is 11.4. The molecule has 0 amide bonds. The summed E-state index contributed by atoms with van der Waals surface area (Å²) in [6.07, 6.45) is 3.10. The molecule has 3 nitrogen and oxygen atoms in total. The Hall–Kier alpha value is -1.68. The Morgan fingerprint density at radius 3 is 2.94 bits per heavy atom. The Labute approximate surface area is 93.2 Å². The first-order valence-corrected chi connectivity index (χ1v) is 4.93. The first-order valence-electron chi connectivity index (χ1n) is 4.93. The molecule has 0 atom stereocenters. The lowest BCUT2D eigenvalue weighted by Crippen LogP contribution is -2.07. The van der Waals surface area contributed by atoms with E-state index >= 15 is 0 Å². The lowest BCUT2D eigenvalue weighted by Gasteiger charge is -2.04. The average Bonchev–Trinajstić information content (AvgIpc) is 2.28. The van der Waals surface area contributed by atoms with Gasteiger partial charge in [-0.15, -0.1) is 0 Å². The molecule has 0 fully saturated rings. The highest BCUT2D eigenvalue weighted by Gasteiger charge is 2.12. The van der Waals surface area contributed by atoms with Crippen LogP contribution in [0.5, 0.6) is 0 Å². The number of benzene rings is 1. The Morgan fingerprint density at radius 2 is 2.31 bits per heavy atom. The van der Waals surface area contributed by atoms with Gasteiger partial charge in [0, 0.05) is 0 Å². The predicted octanol–water partition coefficient (Wildman–Crippen LogP) is 2.01. The summed E-state index contributed by atoms with van der Waals surface area (Å²) in [6, 6.07) is 4.10. The first-order chi connectivity index (χ1) is 7.69. The summed E-state index contributed by atoms with van der Waals surface area (Å²) in [6.45, 7) is 1.76. The third kappa shape index (κ3) is 3.17. The van der Waals surface area contributed by atoms with Gasteiger partial charge in [-0.1, -0.05) is 18.2 Å². The molecule has 0 aliphatic carbocycles. The lowest BCUT2D eigenvalue weighted by atomic mass is 10.1. The number of aliphatic hydroxyl groups is 1. The van der Waals surface area contributed by atoms with Crippen molar-refractivity contribution in [2.45, 2.75) is 6.92 Å². The van der Waals surface area contributed by atoms with Crippen LogP contribution in [0.25, 0.3) is 6.08 Å². The van der Waals surface area contributed by atoms with E-state index in [-0.39, 0.29) is 18.8 Å². The molecule has 0 spiro atoms. The Balaban J connectivity index is 2.98. The Morgan fingerprint density at radius 1 is 1.56 bits per heavy atom. The molecule has 4 heteroatoms. The molecular formula is C12H13FO3. The summed E-state index contributed by atoms with van der Waals surface area (Å²) in [5.41, 5.74) is 0.542. The summed E-state index contributed by atoms with van der Waals surface area (Å²) < 4.78 is 18.0. The number of esters is 1. The van der Waals surface area contributed by atoms with Gasteiger partial charge in [-0.3, -0.25) is 0 Å². The highest BCUT2D eigenvalue weighted by atomic mass is 19.1. The van der Waals surface area contributed by atoms with E-state index in [4.69, 9.17) is 9.84 Å². The quantitative estimate of drug-likeness (QED) is 0.796. The van der Waals surface area contributed by atoms with E-state index in [0.29, 0.717) is 5.56 Å². The molecule has 1 N–H and O–H groups in total.